The standard InChI is InChI=1S/C17H13Cl2N3O2/c1-21(10-11-5-6-13(18)14(19)8-11)16(23)12-9-20-15-4-2-3-7-22(15)17(12)24/h2-9H,10H2,1H3. The predicted octanol–water partition coefficient (Wildman–Crippen LogP) is 3.27. The predicted molar refractivity (Wildman–Crippen MR) is 93.7 cm³/mol. The summed E-state index contributed by atoms with van der Waals surface area (Å²) in [6.45, 7) is 0.298. The fraction of sp³-hybridized carbons (Fsp3) is 0.118. The van der Waals surface area contributed by atoms with Gasteiger partial charge in [0.25, 0.3) is 11.5 Å². The quantitative estimate of drug-likeness (QED) is 0.719. The number of amides is 1. The lowest BCUT2D eigenvalue weighted by Gasteiger charge is -2.17. The number of halogens is 2. The first-order valence-electron chi connectivity index (χ1n) is 7.13. The molecule has 0 aliphatic heterocycles. The van der Waals surface area contributed by atoms with Gasteiger partial charge < -0.3 is 4.90 Å². The minimum absolute atomic E-state index is 0.0151. The van der Waals surface area contributed by atoms with Crippen LogP contribution >= 0.6 is 23.2 Å². The van der Waals surface area contributed by atoms with E-state index in [-0.39, 0.29) is 5.56 Å². The van der Waals surface area contributed by atoms with Crippen molar-refractivity contribution >= 4 is 34.8 Å². The Hall–Kier alpha value is -2.37. The Bertz CT molecular complexity index is 985. The molecule has 0 N–H and O–H groups in total. The number of rotatable bonds is 3. The van der Waals surface area contributed by atoms with E-state index in [0.29, 0.717) is 22.2 Å². The maximum Gasteiger partial charge on any atom is 0.270 e. The number of fused-ring (bicyclic) bond motifs is 1. The normalized spacial score (nSPS) is 10.8. The number of carbonyl (C=O) groups is 1. The van der Waals surface area contributed by atoms with E-state index < -0.39 is 11.5 Å². The van der Waals surface area contributed by atoms with Crippen LogP contribution in [0.4, 0.5) is 0 Å². The van der Waals surface area contributed by atoms with Crippen LogP contribution in [0, 0.1) is 0 Å². The maximum atomic E-state index is 12.6. The summed E-state index contributed by atoms with van der Waals surface area (Å²) in [6, 6.07) is 10.3. The summed E-state index contributed by atoms with van der Waals surface area (Å²) in [7, 11) is 1.62. The molecule has 2 heterocycles. The fourth-order valence-electron chi connectivity index (χ4n) is 2.36. The van der Waals surface area contributed by atoms with Gasteiger partial charge in [0.2, 0.25) is 0 Å². The second kappa shape index (κ2) is 6.63. The lowest BCUT2D eigenvalue weighted by atomic mass is 10.2. The second-order valence-electron chi connectivity index (χ2n) is 5.32. The minimum Gasteiger partial charge on any atom is -0.337 e. The molecule has 0 spiro atoms. The molecule has 1 aromatic carbocycles. The summed E-state index contributed by atoms with van der Waals surface area (Å²) in [6.07, 6.45) is 2.89. The number of nitrogens with zero attached hydrogens (tertiary/aromatic N) is 3. The van der Waals surface area contributed by atoms with E-state index in [4.69, 9.17) is 23.2 Å². The number of hydrogen-bond acceptors (Lipinski definition) is 3. The number of carbonyl (C=O) groups excluding carboxylic acids is 1. The van der Waals surface area contributed by atoms with E-state index in [9.17, 15) is 9.59 Å². The number of aromatic nitrogens is 2. The third kappa shape index (κ3) is 3.13. The van der Waals surface area contributed by atoms with Crippen LogP contribution in [0.2, 0.25) is 10.0 Å². The molecule has 3 rings (SSSR count). The smallest absolute Gasteiger partial charge is 0.270 e. The van der Waals surface area contributed by atoms with Crippen LogP contribution < -0.4 is 5.56 Å². The minimum atomic E-state index is -0.406. The average Bonchev–Trinajstić information content (AvgIpc) is 2.58. The highest BCUT2D eigenvalue weighted by molar-refractivity contribution is 6.42. The highest BCUT2D eigenvalue weighted by Crippen LogP contribution is 2.23. The first-order valence-corrected chi connectivity index (χ1v) is 7.89. The van der Waals surface area contributed by atoms with Gasteiger partial charge in [-0.2, -0.15) is 0 Å². The molecule has 0 saturated heterocycles. The van der Waals surface area contributed by atoms with Crippen LogP contribution in [0.3, 0.4) is 0 Å². The van der Waals surface area contributed by atoms with Crippen molar-refractivity contribution in [3.63, 3.8) is 0 Å². The third-order valence-electron chi connectivity index (χ3n) is 3.59. The molecule has 0 aliphatic rings. The Morgan fingerprint density at radius 3 is 2.75 bits per heavy atom. The van der Waals surface area contributed by atoms with E-state index in [1.807, 2.05) is 0 Å². The molecule has 24 heavy (non-hydrogen) atoms. The summed E-state index contributed by atoms with van der Waals surface area (Å²) in [5.41, 5.74) is 0.924. The Morgan fingerprint density at radius 1 is 1.21 bits per heavy atom. The topological polar surface area (TPSA) is 54.7 Å². The molecule has 0 saturated carbocycles. The Labute approximate surface area is 148 Å². The van der Waals surface area contributed by atoms with E-state index >= 15 is 0 Å². The Morgan fingerprint density at radius 2 is 2.00 bits per heavy atom. The van der Waals surface area contributed by atoms with Crippen molar-refractivity contribution in [3.05, 3.63) is 80.3 Å². The third-order valence-corrected chi connectivity index (χ3v) is 4.33. The lowest BCUT2D eigenvalue weighted by Crippen LogP contribution is -2.33. The largest absolute Gasteiger partial charge is 0.337 e. The van der Waals surface area contributed by atoms with Gasteiger partial charge in [-0.05, 0) is 29.8 Å². The van der Waals surface area contributed by atoms with Gasteiger partial charge in [0.15, 0.2) is 0 Å². The van der Waals surface area contributed by atoms with Crippen molar-refractivity contribution in [2.24, 2.45) is 0 Å². The molecule has 2 aromatic heterocycles. The van der Waals surface area contributed by atoms with Crippen molar-refractivity contribution in [2.75, 3.05) is 7.05 Å². The molecule has 0 aliphatic carbocycles. The van der Waals surface area contributed by atoms with Gasteiger partial charge in [0, 0.05) is 26.0 Å². The Kier molecular flexibility index (Phi) is 4.55. The van der Waals surface area contributed by atoms with Gasteiger partial charge in [0.05, 0.1) is 10.0 Å². The molecule has 5 nitrogen and oxygen atoms in total. The number of pyridine rings is 1. The van der Waals surface area contributed by atoms with Crippen molar-refractivity contribution in [3.8, 4) is 0 Å². The van der Waals surface area contributed by atoms with Crippen LogP contribution in [0.5, 0.6) is 0 Å². The summed E-state index contributed by atoms with van der Waals surface area (Å²) in [4.78, 5) is 30.6. The monoisotopic (exact) mass is 361 g/mol. The molecule has 7 heteroatoms. The number of benzene rings is 1. The SMILES string of the molecule is CN(Cc1ccc(Cl)c(Cl)c1)C(=O)c1cnc2ccccn2c1=O. The second-order valence-corrected chi connectivity index (χ2v) is 6.13. The van der Waals surface area contributed by atoms with Crippen molar-refractivity contribution in [1.82, 2.24) is 14.3 Å². The zero-order valence-corrected chi connectivity index (χ0v) is 14.3. The van der Waals surface area contributed by atoms with E-state index in [1.54, 1.807) is 49.6 Å². The van der Waals surface area contributed by atoms with Gasteiger partial charge >= 0.3 is 0 Å². The highest BCUT2D eigenvalue weighted by Gasteiger charge is 2.17. The van der Waals surface area contributed by atoms with Gasteiger partial charge in [-0.25, -0.2) is 4.98 Å². The molecule has 0 radical (unpaired) electrons. The van der Waals surface area contributed by atoms with Crippen molar-refractivity contribution in [2.45, 2.75) is 6.54 Å². The molecule has 0 atom stereocenters. The van der Waals surface area contributed by atoms with Gasteiger partial charge in [-0.1, -0.05) is 35.3 Å². The molecular weight excluding hydrogens is 349 g/mol. The van der Waals surface area contributed by atoms with Gasteiger partial charge in [-0.15, -0.1) is 0 Å². The molecule has 0 unspecified atom stereocenters. The average molecular weight is 362 g/mol. The van der Waals surface area contributed by atoms with Crippen LogP contribution in [0.15, 0.2) is 53.6 Å². The van der Waals surface area contributed by atoms with E-state index in [0.717, 1.165) is 5.56 Å². The summed E-state index contributed by atoms with van der Waals surface area (Å²) in [5, 5.41) is 0.869. The first kappa shape index (κ1) is 16.5. The molecule has 0 fully saturated rings. The zero-order valence-electron chi connectivity index (χ0n) is 12.7. The number of hydrogen-bond donors (Lipinski definition) is 0. The van der Waals surface area contributed by atoms with Crippen LogP contribution in [-0.4, -0.2) is 27.2 Å². The lowest BCUT2D eigenvalue weighted by molar-refractivity contribution is 0.0782. The summed E-state index contributed by atoms with van der Waals surface area (Å²) in [5.74, 6) is -0.406. The van der Waals surface area contributed by atoms with Crippen molar-refractivity contribution < 1.29 is 4.79 Å². The molecule has 0 bridgehead atoms. The van der Waals surface area contributed by atoms with Crippen molar-refractivity contribution in [1.29, 1.82) is 0 Å². The Balaban J connectivity index is 1.89. The fourth-order valence-corrected chi connectivity index (χ4v) is 2.68. The van der Waals surface area contributed by atoms with E-state index in [1.165, 1.54) is 15.5 Å². The maximum absolute atomic E-state index is 12.6. The van der Waals surface area contributed by atoms with Crippen LogP contribution in [-0.2, 0) is 6.54 Å². The highest BCUT2D eigenvalue weighted by atomic mass is 35.5. The zero-order chi connectivity index (χ0) is 17.3. The van der Waals surface area contributed by atoms with Gasteiger partial charge in [-0.3, -0.25) is 14.0 Å². The van der Waals surface area contributed by atoms with Crippen LogP contribution in [0.1, 0.15) is 15.9 Å². The molecule has 3 aromatic rings. The molecular formula is C17H13Cl2N3O2. The van der Waals surface area contributed by atoms with Crippen LogP contribution in [0.25, 0.3) is 5.65 Å². The van der Waals surface area contributed by atoms with E-state index in [2.05, 4.69) is 4.98 Å². The molecule has 122 valence electrons. The van der Waals surface area contributed by atoms with Gasteiger partial charge in [0.1, 0.15) is 11.2 Å². The summed E-state index contributed by atoms with van der Waals surface area (Å²) >= 11 is 11.9. The molecule has 1 amide bonds. The summed E-state index contributed by atoms with van der Waals surface area (Å²) < 4.78 is 1.35. The first-order chi connectivity index (χ1) is 11.5.